The molecule has 2 aromatic rings. The largest absolute Gasteiger partial charge is 0.444 e. The third kappa shape index (κ3) is 10.5. The number of hydrogen-bond acceptors (Lipinski definition) is 10. The zero-order valence-corrected chi connectivity index (χ0v) is 27.4. The minimum atomic E-state index is -1.15. The van der Waals surface area contributed by atoms with Gasteiger partial charge in [-0.3, -0.25) is 25.2 Å². The predicted molar refractivity (Wildman–Crippen MR) is 167 cm³/mol. The van der Waals surface area contributed by atoms with Crippen LogP contribution in [-0.2, 0) is 49.4 Å². The Balaban J connectivity index is 1.48. The normalized spacial score (nSPS) is 25.3. The fourth-order valence-electron chi connectivity index (χ4n) is 4.98. The summed E-state index contributed by atoms with van der Waals surface area (Å²) in [5.74, 6) is -1.76. The number of hydrazine groups is 1. The van der Waals surface area contributed by atoms with Crippen molar-refractivity contribution < 1.29 is 47.6 Å². The van der Waals surface area contributed by atoms with Gasteiger partial charge >= 0.3 is 6.09 Å². The average molecular weight is 657 g/mol. The highest BCUT2D eigenvalue weighted by Gasteiger charge is 2.52. The Morgan fingerprint density at radius 1 is 0.915 bits per heavy atom. The molecule has 14 nitrogen and oxygen atoms in total. The van der Waals surface area contributed by atoms with Crippen molar-refractivity contribution in [2.24, 2.45) is 0 Å². The van der Waals surface area contributed by atoms with E-state index < -0.39 is 72.6 Å². The maximum Gasteiger partial charge on any atom is 0.408 e. The summed E-state index contributed by atoms with van der Waals surface area (Å²) in [6, 6.07) is 16.9. The van der Waals surface area contributed by atoms with Crippen molar-refractivity contribution in [1.29, 1.82) is 0 Å². The molecular formula is C33H44N4O10. The molecule has 8 atom stereocenters. The Hall–Kier alpha value is -4.08. The summed E-state index contributed by atoms with van der Waals surface area (Å²) < 4.78 is 36.3. The minimum absolute atomic E-state index is 0.126. The number of ether oxygens (including phenoxy) is 6. The highest BCUT2D eigenvalue weighted by molar-refractivity contribution is 5.88. The number of carbonyl (C=O) groups is 4. The fraction of sp³-hybridized carbons (Fsp3) is 0.515. The van der Waals surface area contributed by atoms with E-state index in [2.05, 4.69) is 21.5 Å². The first kappa shape index (κ1) is 35.8. The summed E-state index contributed by atoms with van der Waals surface area (Å²) >= 11 is 0. The Labute approximate surface area is 274 Å². The molecule has 0 aliphatic carbocycles. The van der Waals surface area contributed by atoms with Crippen LogP contribution in [0, 0.1) is 0 Å². The average Bonchev–Trinajstić information content (AvgIpc) is 3.03. The molecule has 2 unspecified atom stereocenters. The Bertz CT molecular complexity index is 1360. The van der Waals surface area contributed by atoms with Gasteiger partial charge in [0.2, 0.25) is 5.91 Å². The summed E-state index contributed by atoms with van der Waals surface area (Å²) in [4.78, 5) is 50.2. The molecule has 0 bridgehead atoms. The lowest BCUT2D eigenvalue weighted by Gasteiger charge is -2.49. The molecule has 47 heavy (non-hydrogen) atoms. The summed E-state index contributed by atoms with van der Waals surface area (Å²) in [5.41, 5.74) is 5.51. The van der Waals surface area contributed by atoms with Crippen LogP contribution in [0.15, 0.2) is 60.7 Å². The molecule has 2 aliphatic rings. The smallest absolute Gasteiger partial charge is 0.408 e. The third-order valence-corrected chi connectivity index (χ3v) is 7.20. The van der Waals surface area contributed by atoms with Crippen molar-refractivity contribution in [3.8, 4) is 0 Å². The lowest BCUT2D eigenvalue weighted by Crippen LogP contribution is -2.68. The van der Waals surface area contributed by atoms with E-state index in [1.165, 1.54) is 20.8 Å². The van der Waals surface area contributed by atoms with Gasteiger partial charge in [0.05, 0.1) is 13.2 Å². The summed E-state index contributed by atoms with van der Waals surface area (Å²) in [6.45, 7) is 9.68. The molecule has 0 spiro atoms. The van der Waals surface area contributed by atoms with Crippen LogP contribution in [0.2, 0.25) is 0 Å². The molecular weight excluding hydrogens is 612 g/mol. The van der Waals surface area contributed by atoms with Crippen LogP contribution < -0.4 is 21.5 Å². The molecule has 0 saturated carbocycles. The van der Waals surface area contributed by atoms with E-state index >= 15 is 0 Å². The van der Waals surface area contributed by atoms with Gasteiger partial charge in [-0.25, -0.2) is 4.79 Å². The molecule has 256 valence electrons. The van der Waals surface area contributed by atoms with Crippen LogP contribution in [0.25, 0.3) is 0 Å². The number of rotatable bonds is 10. The lowest BCUT2D eigenvalue weighted by atomic mass is 9.95. The van der Waals surface area contributed by atoms with E-state index in [0.717, 1.165) is 11.1 Å². The van der Waals surface area contributed by atoms with Crippen LogP contribution >= 0.6 is 0 Å². The van der Waals surface area contributed by atoms with E-state index in [4.69, 9.17) is 28.4 Å². The quantitative estimate of drug-likeness (QED) is 0.278. The van der Waals surface area contributed by atoms with Gasteiger partial charge in [0.1, 0.15) is 42.1 Å². The first-order valence-electron chi connectivity index (χ1n) is 15.5. The SMILES string of the molecule is CC(=O)N[C@H]1[C@@H](OCc2ccccc2)O[C@@H]2CO[C@H](c3ccccc3)O[C@H]2[C@@H]1OC(C)C(=O)NNC(=O)C(C)NC(=O)OC(C)(C)C. The number of alkyl carbamates (subject to hydrolysis) is 1. The van der Waals surface area contributed by atoms with Gasteiger partial charge in [0, 0.05) is 12.5 Å². The molecule has 0 aromatic heterocycles. The van der Waals surface area contributed by atoms with Gasteiger partial charge in [-0.2, -0.15) is 0 Å². The second kappa shape index (κ2) is 16.2. The van der Waals surface area contributed by atoms with Crippen LogP contribution in [0.5, 0.6) is 0 Å². The van der Waals surface area contributed by atoms with Gasteiger partial charge in [-0.05, 0) is 40.2 Å². The topological polar surface area (TPSA) is 172 Å². The molecule has 4 rings (SSSR count). The predicted octanol–water partition coefficient (Wildman–Crippen LogP) is 2.38. The van der Waals surface area contributed by atoms with Gasteiger partial charge in [-0.15, -0.1) is 0 Å². The number of hydrogen-bond donors (Lipinski definition) is 4. The van der Waals surface area contributed by atoms with Crippen LogP contribution in [0.4, 0.5) is 4.79 Å². The van der Waals surface area contributed by atoms with Crippen molar-refractivity contribution in [2.75, 3.05) is 6.61 Å². The second-order valence-corrected chi connectivity index (χ2v) is 12.3. The molecule has 2 fully saturated rings. The van der Waals surface area contributed by atoms with E-state index in [1.807, 2.05) is 60.7 Å². The van der Waals surface area contributed by atoms with Crippen LogP contribution in [0.3, 0.4) is 0 Å². The highest BCUT2D eigenvalue weighted by Crippen LogP contribution is 2.36. The van der Waals surface area contributed by atoms with Crippen LogP contribution in [-0.4, -0.2) is 78.8 Å². The van der Waals surface area contributed by atoms with Crippen LogP contribution in [0.1, 0.15) is 59.0 Å². The number of nitrogens with one attached hydrogen (secondary N) is 4. The molecule has 0 radical (unpaired) electrons. The number of fused-ring (bicyclic) bond motifs is 1. The zero-order valence-electron chi connectivity index (χ0n) is 27.4. The molecule has 4 N–H and O–H groups in total. The molecule has 2 heterocycles. The number of benzene rings is 2. The molecule has 2 aliphatic heterocycles. The highest BCUT2D eigenvalue weighted by atomic mass is 16.8. The van der Waals surface area contributed by atoms with Crippen molar-refractivity contribution in [1.82, 2.24) is 21.5 Å². The summed E-state index contributed by atoms with van der Waals surface area (Å²) in [7, 11) is 0. The number of amides is 4. The fourth-order valence-corrected chi connectivity index (χ4v) is 4.98. The van der Waals surface area contributed by atoms with Gasteiger partial charge in [-0.1, -0.05) is 60.7 Å². The molecule has 14 heteroatoms. The van der Waals surface area contributed by atoms with Crippen molar-refractivity contribution >= 4 is 23.8 Å². The molecule has 4 amide bonds. The van der Waals surface area contributed by atoms with Crippen molar-refractivity contribution in [3.63, 3.8) is 0 Å². The van der Waals surface area contributed by atoms with Crippen molar-refractivity contribution in [2.45, 2.75) is 103 Å². The second-order valence-electron chi connectivity index (χ2n) is 12.3. The first-order valence-corrected chi connectivity index (χ1v) is 15.5. The molecule has 2 saturated heterocycles. The van der Waals surface area contributed by atoms with E-state index in [1.54, 1.807) is 20.8 Å². The Morgan fingerprint density at radius 3 is 2.19 bits per heavy atom. The van der Waals surface area contributed by atoms with E-state index in [0.29, 0.717) is 0 Å². The van der Waals surface area contributed by atoms with Gasteiger partial charge < -0.3 is 39.1 Å². The Kier molecular flexibility index (Phi) is 12.3. The van der Waals surface area contributed by atoms with Gasteiger partial charge in [0.15, 0.2) is 12.6 Å². The summed E-state index contributed by atoms with van der Waals surface area (Å²) in [5, 5.41) is 5.27. The first-order chi connectivity index (χ1) is 22.3. The monoisotopic (exact) mass is 656 g/mol. The molecule has 2 aromatic carbocycles. The lowest BCUT2D eigenvalue weighted by molar-refractivity contribution is -0.351. The van der Waals surface area contributed by atoms with Gasteiger partial charge in [0.25, 0.3) is 11.8 Å². The maximum atomic E-state index is 13.1. The maximum absolute atomic E-state index is 13.1. The Morgan fingerprint density at radius 2 is 1.55 bits per heavy atom. The zero-order chi connectivity index (χ0) is 34.1. The van der Waals surface area contributed by atoms with E-state index in [9.17, 15) is 19.2 Å². The minimum Gasteiger partial charge on any atom is -0.444 e. The van der Waals surface area contributed by atoms with E-state index in [-0.39, 0.29) is 19.1 Å². The third-order valence-electron chi connectivity index (χ3n) is 7.20. The standard InChI is InChI=1S/C33H44N4O10/c1-19(34-32(41)47-33(4,5)6)28(39)36-37-29(40)20(2)44-27-25(35-21(3)38)31(42-17-22-13-9-7-10-14-22)45-24-18-43-30(46-26(24)27)23-15-11-8-12-16-23/h7-16,19-20,24-27,30-31H,17-18H2,1-6H3,(H,34,41)(H,35,38)(H,36,39)(H,37,40)/t19?,20?,24-,25-,26-,27-,30+,31+/m1/s1. The number of carbonyl (C=O) groups excluding carboxylic acids is 4. The summed E-state index contributed by atoms with van der Waals surface area (Å²) in [6.07, 6.45) is -6.07. The van der Waals surface area contributed by atoms with Crippen molar-refractivity contribution in [3.05, 3.63) is 71.8 Å².